The molecule has 0 spiro atoms. The second kappa shape index (κ2) is 5.13. The van der Waals surface area contributed by atoms with Gasteiger partial charge in [0.1, 0.15) is 0 Å². The third kappa shape index (κ3) is 2.61. The molecule has 0 amide bonds. The largest absolute Gasteiger partial charge is 0.376 e. The second-order valence-electron chi connectivity index (χ2n) is 4.72. The van der Waals surface area contributed by atoms with Gasteiger partial charge in [-0.05, 0) is 31.8 Å². The van der Waals surface area contributed by atoms with Gasteiger partial charge in [-0.15, -0.1) is 0 Å². The van der Waals surface area contributed by atoms with E-state index in [9.17, 15) is 0 Å². The van der Waals surface area contributed by atoms with E-state index in [1.54, 1.807) is 0 Å². The predicted octanol–water partition coefficient (Wildman–Crippen LogP) is 2.31. The van der Waals surface area contributed by atoms with Crippen LogP contribution in [0, 0.1) is 11.8 Å². The van der Waals surface area contributed by atoms with Gasteiger partial charge in [0.05, 0.1) is 12.7 Å². The highest BCUT2D eigenvalue weighted by molar-refractivity contribution is 5.10. The third-order valence-electron chi connectivity index (χ3n) is 3.85. The SMILES string of the molecule is CCN(CC)CCOC1CC2C=CC1C2. The summed E-state index contributed by atoms with van der Waals surface area (Å²) in [6.45, 7) is 8.69. The van der Waals surface area contributed by atoms with Gasteiger partial charge in [-0.3, -0.25) is 0 Å². The topological polar surface area (TPSA) is 12.5 Å². The summed E-state index contributed by atoms with van der Waals surface area (Å²) in [5, 5.41) is 0. The van der Waals surface area contributed by atoms with Crippen LogP contribution in [-0.2, 0) is 4.74 Å². The molecule has 86 valence electrons. The normalized spacial score (nSPS) is 33.1. The van der Waals surface area contributed by atoms with Gasteiger partial charge < -0.3 is 9.64 Å². The van der Waals surface area contributed by atoms with E-state index in [-0.39, 0.29) is 0 Å². The number of fused-ring (bicyclic) bond motifs is 2. The average molecular weight is 209 g/mol. The number of hydrogen-bond donors (Lipinski definition) is 0. The molecule has 0 radical (unpaired) electrons. The molecule has 1 fully saturated rings. The van der Waals surface area contributed by atoms with Crippen molar-refractivity contribution in [1.82, 2.24) is 4.90 Å². The van der Waals surface area contributed by atoms with Crippen LogP contribution in [0.15, 0.2) is 12.2 Å². The first-order valence-corrected chi connectivity index (χ1v) is 6.35. The molecule has 3 atom stereocenters. The van der Waals surface area contributed by atoms with Crippen molar-refractivity contribution in [1.29, 1.82) is 0 Å². The molecule has 3 unspecified atom stereocenters. The highest BCUT2D eigenvalue weighted by atomic mass is 16.5. The zero-order chi connectivity index (χ0) is 10.7. The van der Waals surface area contributed by atoms with Crippen LogP contribution in [0.4, 0.5) is 0 Å². The molecule has 2 bridgehead atoms. The molecule has 1 saturated carbocycles. The number of nitrogens with zero attached hydrogens (tertiary/aromatic N) is 1. The van der Waals surface area contributed by atoms with Crippen LogP contribution in [0.2, 0.25) is 0 Å². The van der Waals surface area contributed by atoms with Crippen molar-refractivity contribution in [3.8, 4) is 0 Å². The van der Waals surface area contributed by atoms with Crippen molar-refractivity contribution in [3.05, 3.63) is 12.2 Å². The Morgan fingerprint density at radius 1 is 1.20 bits per heavy atom. The minimum absolute atomic E-state index is 0.524. The zero-order valence-electron chi connectivity index (χ0n) is 9.98. The van der Waals surface area contributed by atoms with E-state index in [2.05, 4.69) is 30.9 Å². The Bertz CT molecular complexity index is 223. The summed E-state index contributed by atoms with van der Waals surface area (Å²) in [6, 6.07) is 0. The molecule has 0 heterocycles. The highest BCUT2D eigenvalue weighted by Gasteiger charge is 2.36. The number of hydrogen-bond acceptors (Lipinski definition) is 2. The average Bonchev–Trinajstić information content (AvgIpc) is 2.86. The molecule has 0 aromatic rings. The van der Waals surface area contributed by atoms with Crippen molar-refractivity contribution in [2.45, 2.75) is 32.8 Å². The van der Waals surface area contributed by atoms with Crippen LogP contribution in [0.1, 0.15) is 26.7 Å². The van der Waals surface area contributed by atoms with Crippen molar-refractivity contribution < 1.29 is 4.74 Å². The van der Waals surface area contributed by atoms with E-state index >= 15 is 0 Å². The van der Waals surface area contributed by atoms with Gasteiger partial charge in [-0.1, -0.05) is 26.0 Å². The molecule has 0 N–H and O–H groups in total. The molecule has 2 heteroatoms. The van der Waals surface area contributed by atoms with E-state index in [0.29, 0.717) is 6.10 Å². The number of ether oxygens (including phenoxy) is 1. The molecule has 2 aliphatic rings. The molecular formula is C13H23NO. The molecule has 15 heavy (non-hydrogen) atoms. The van der Waals surface area contributed by atoms with Crippen LogP contribution < -0.4 is 0 Å². The van der Waals surface area contributed by atoms with Crippen LogP contribution in [-0.4, -0.2) is 37.2 Å². The van der Waals surface area contributed by atoms with E-state index in [1.807, 2.05) is 0 Å². The summed E-state index contributed by atoms with van der Waals surface area (Å²) in [6.07, 6.45) is 7.86. The van der Waals surface area contributed by atoms with Gasteiger partial charge in [0.15, 0.2) is 0 Å². The summed E-state index contributed by atoms with van der Waals surface area (Å²) in [5.74, 6) is 1.56. The molecular weight excluding hydrogens is 186 g/mol. The maximum absolute atomic E-state index is 5.98. The summed E-state index contributed by atoms with van der Waals surface area (Å²) < 4.78 is 5.98. The van der Waals surface area contributed by atoms with Gasteiger partial charge in [-0.2, -0.15) is 0 Å². The van der Waals surface area contributed by atoms with Gasteiger partial charge >= 0.3 is 0 Å². The Morgan fingerprint density at radius 3 is 2.53 bits per heavy atom. The summed E-state index contributed by atoms with van der Waals surface area (Å²) in [5.41, 5.74) is 0. The number of allylic oxidation sites excluding steroid dienone is 1. The third-order valence-corrected chi connectivity index (χ3v) is 3.85. The van der Waals surface area contributed by atoms with Crippen molar-refractivity contribution in [2.24, 2.45) is 11.8 Å². The maximum Gasteiger partial charge on any atom is 0.0644 e. The second-order valence-corrected chi connectivity index (χ2v) is 4.72. The van der Waals surface area contributed by atoms with Gasteiger partial charge in [0, 0.05) is 12.5 Å². The Hall–Kier alpha value is -0.340. The Labute approximate surface area is 93.3 Å². The van der Waals surface area contributed by atoms with E-state index in [0.717, 1.165) is 38.1 Å². The molecule has 0 aromatic carbocycles. The molecule has 2 rings (SSSR count). The lowest BCUT2D eigenvalue weighted by Crippen LogP contribution is -2.29. The maximum atomic E-state index is 5.98. The first-order chi connectivity index (χ1) is 7.33. The summed E-state index contributed by atoms with van der Waals surface area (Å²) >= 11 is 0. The zero-order valence-corrected chi connectivity index (χ0v) is 9.98. The molecule has 0 saturated heterocycles. The van der Waals surface area contributed by atoms with Crippen LogP contribution in [0.3, 0.4) is 0 Å². The lowest BCUT2D eigenvalue weighted by molar-refractivity contribution is 0.0243. The predicted molar refractivity (Wildman–Crippen MR) is 62.9 cm³/mol. The van der Waals surface area contributed by atoms with Crippen LogP contribution in [0.25, 0.3) is 0 Å². The molecule has 0 aliphatic heterocycles. The first-order valence-electron chi connectivity index (χ1n) is 6.35. The lowest BCUT2D eigenvalue weighted by atomic mass is 10.0. The molecule has 2 aliphatic carbocycles. The summed E-state index contributed by atoms with van der Waals surface area (Å²) in [4.78, 5) is 2.42. The first kappa shape index (κ1) is 11.2. The Balaban J connectivity index is 1.64. The van der Waals surface area contributed by atoms with E-state index in [4.69, 9.17) is 4.74 Å². The minimum atomic E-state index is 0.524. The van der Waals surface area contributed by atoms with Gasteiger partial charge in [0.2, 0.25) is 0 Å². The van der Waals surface area contributed by atoms with Gasteiger partial charge in [-0.25, -0.2) is 0 Å². The van der Waals surface area contributed by atoms with E-state index in [1.165, 1.54) is 12.8 Å². The van der Waals surface area contributed by atoms with E-state index < -0.39 is 0 Å². The molecule has 0 aromatic heterocycles. The fraction of sp³-hybridized carbons (Fsp3) is 0.846. The Morgan fingerprint density at radius 2 is 2.00 bits per heavy atom. The smallest absolute Gasteiger partial charge is 0.0644 e. The molecule has 2 nitrogen and oxygen atoms in total. The fourth-order valence-corrected chi connectivity index (χ4v) is 2.79. The Kier molecular flexibility index (Phi) is 3.81. The van der Waals surface area contributed by atoms with Crippen molar-refractivity contribution in [2.75, 3.05) is 26.2 Å². The minimum Gasteiger partial charge on any atom is -0.376 e. The van der Waals surface area contributed by atoms with Crippen LogP contribution >= 0.6 is 0 Å². The van der Waals surface area contributed by atoms with Crippen molar-refractivity contribution in [3.63, 3.8) is 0 Å². The van der Waals surface area contributed by atoms with Gasteiger partial charge in [0.25, 0.3) is 0 Å². The monoisotopic (exact) mass is 209 g/mol. The summed E-state index contributed by atoms with van der Waals surface area (Å²) in [7, 11) is 0. The number of rotatable bonds is 6. The van der Waals surface area contributed by atoms with Crippen LogP contribution in [0.5, 0.6) is 0 Å². The highest BCUT2D eigenvalue weighted by Crippen LogP contribution is 2.40. The number of likely N-dealkylation sites (N-methyl/N-ethyl adjacent to an activating group) is 1. The fourth-order valence-electron chi connectivity index (χ4n) is 2.79. The van der Waals surface area contributed by atoms with Crippen molar-refractivity contribution >= 4 is 0 Å². The standard InChI is InChI=1S/C13H23NO/c1-3-14(4-2)7-8-15-13-10-11-5-6-12(13)9-11/h5-6,11-13H,3-4,7-10H2,1-2H3. The quantitative estimate of drug-likeness (QED) is 0.622. The lowest BCUT2D eigenvalue weighted by Gasteiger charge is -2.22.